The first-order valence-electron chi connectivity index (χ1n) is 20.7. The quantitative estimate of drug-likeness (QED) is 0.0212. The Labute approximate surface area is 320 Å². The second-order valence-electron chi connectivity index (χ2n) is 14.8. The topological polar surface area (TPSA) is 177 Å². The number of ether oxygens (including phenoxy) is 2. The van der Waals surface area contributed by atoms with Crippen LogP contribution in [0.3, 0.4) is 0 Å². The molecule has 53 heavy (non-hydrogen) atoms. The summed E-state index contributed by atoms with van der Waals surface area (Å²) in [6, 6.07) is 0. The highest BCUT2D eigenvalue weighted by Gasteiger charge is 2.39. The van der Waals surface area contributed by atoms with Crippen LogP contribution in [0.4, 0.5) is 0 Å². The van der Waals surface area contributed by atoms with E-state index in [1.54, 1.807) is 12.2 Å². The number of carbonyl (C=O) groups is 3. The SMILES string of the molecule is CCCCCCCCCCCCCCCCCC(=O)OC[C@H](COP(=O)(O)O)OC(=O)CCC/C=C\C[C@H]1[C@@H](O)CC(=O)[C@@H]1/C=C/[C@@H](O)CCCCC. The zero-order valence-electron chi connectivity index (χ0n) is 32.9. The molecule has 0 heterocycles. The first-order chi connectivity index (χ1) is 25.5. The fourth-order valence-electron chi connectivity index (χ4n) is 6.65. The molecule has 0 unspecified atom stereocenters. The van der Waals surface area contributed by atoms with E-state index in [-0.39, 0.29) is 37.6 Å². The normalized spacial score (nSPS) is 19.0. The van der Waals surface area contributed by atoms with Gasteiger partial charge in [0.2, 0.25) is 0 Å². The van der Waals surface area contributed by atoms with Crippen LogP contribution in [-0.4, -0.2) is 69.2 Å². The first-order valence-corrected chi connectivity index (χ1v) is 22.3. The first kappa shape index (κ1) is 49.1. The molecule has 0 amide bonds. The number of hydrogen-bond donors (Lipinski definition) is 4. The molecule has 0 spiro atoms. The maximum atomic E-state index is 12.5. The van der Waals surface area contributed by atoms with Crippen molar-refractivity contribution in [3.05, 3.63) is 24.3 Å². The number of esters is 2. The second kappa shape index (κ2) is 31.3. The van der Waals surface area contributed by atoms with Gasteiger partial charge in [-0.15, -0.1) is 0 Å². The maximum Gasteiger partial charge on any atom is 0.469 e. The molecule has 11 nitrogen and oxygen atoms in total. The molecule has 0 saturated heterocycles. The van der Waals surface area contributed by atoms with Crippen LogP contribution < -0.4 is 0 Å². The summed E-state index contributed by atoms with van der Waals surface area (Å²) in [4.78, 5) is 55.5. The number of unbranched alkanes of at least 4 members (excludes halogenated alkanes) is 17. The third kappa shape index (κ3) is 27.4. The lowest BCUT2D eigenvalue weighted by Gasteiger charge is -2.18. The Bertz CT molecular complexity index is 1070. The number of rotatable bonds is 34. The Morgan fingerprint density at radius 2 is 1.32 bits per heavy atom. The Hall–Kier alpha value is -1.88. The molecule has 0 aromatic heterocycles. The molecule has 12 heteroatoms. The summed E-state index contributed by atoms with van der Waals surface area (Å²) in [6.45, 7) is 3.36. The van der Waals surface area contributed by atoms with Gasteiger partial charge in [0, 0.05) is 31.1 Å². The molecule has 4 N–H and O–H groups in total. The number of aliphatic hydroxyl groups is 2. The van der Waals surface area contributed by atoms with Crippen molar-refractivity contribution < 1.29 is 52.9 Å². The lowest BCUT2D eigenvalue weighted by atomic mass is 9.90. The summed E-state index contributed by atoms with van der Waals surface area (Å²) in [5.41, 5.74) is 0. The summed E-state index contributed by atoms with van der Waals surface area (Å²) < 4.78 is 26.3. The van der Waals surface area contributed by atoms with Gasteiger partial charge in [0.1, 0.15) is 12.4 Å². The molecule has 0 bridgehead atoms. The van der Waals surface area contributed by atoms with E-state index in [2.05, 4.69) is 18.4 Å². The molecule has 308 valence electrons. The Morgan fingerprint density at radius 3 is 1.91 bits per heavy atom. The van der Waals surface area contributed by atoms with E-state index in [1.165, 1.54) is 70.6 Å². The second-order valence-corrected chi connectivity index (χ2v) is 16.0. The van der Waals surface area contributed by atoms with Crippen LogP contribution in [0.25, 0.3) is 0 Å². The minimum Gasteiger partial charge on any atom is -0.462 e. The van der Waals surface area contributed by atoms with Crippen molar-refractivity contribution in [2.45, 2.75) is 193 Å². The van der Waals surface area contributed by atoms with E-state index in [0.29, 0.717) is 32.1 Å². The highest BCUT2D eigenvalue weighted by molar-refractivity contribution is 7.46. The number of allylic oxidation sites excluding steroid dienone is 3. The van der Waals surface area contributed by atoms with Gasteiger partial charge in [0.15, 0.2) is 6.10 Å². The average molecular weight is 773 g/mol. The number of hydrogen-bond acceptors (Lipinski definition) is 9. The van der Waals surface area contributed by atoms with Gasteiger partial charge in [-0.3, -0.25) is 18.9 Å². The van der Waals surface area contributed by atoms with Crippen LogP contribution in [0.1, 0.15) is 174 Å². The zero-order valence-corrected chi connectivity index (χ0v) is 33.8. The summed E-state index contributed by atoms with van der Waals surface area (Å²) in [6.07, 6.45) is 28.4. The number of Topliss-reactive ketones (excluding diaryl/α,β-unsaturated/α-hetero) is 1. The highest BCUT2D eigenvalue weighted by atomic mass is 31.2. The molecule has 1 aliphatic rings. The minimum absolute atomic E-state index is 0.0235. The van der Waals surface area contributed by atoms with Gasteiger partial charge in [0.05, 0.1) is 18.8 Å². The van der Waals surface area contributed by atoms with E-state index in [0.717, 1.165) is 38.5 Å². The Kier molecular flexibility index (Phi) is 29.1. The monoisotopic (exact) mass is 772 g/mol. The summed E-state index contributed by atoms with van der Waals surface area (Å²) >= 11 is 0. The smallest absolute Gasteiger partial charge is 0.462 e. The zero-order chi connectivity index (χ0) is 39.2. The van der Waals surface area contributed by atoms with Gasteiger partial charge >= 0.3 is 19.8 Å². The Morgan fingerprint density at radius 1 is 0.774 bits per heavy atom. The lowest BCUT2D eigenvalue weighted by molar-refractivity contribution is -0.161. The summed E-state index contributed by atoms with van der Waals surface area (Å²) in [5.74, 6) is -1.84. The van der Waals surface area contributed by atoms with Crippen molar-refractivity contribution in [2.75, 3.05) is 13.2 Å². The van der Waals surface area contributed by atoms with Gasteiger partial charge in [-0.25, -0.2) is 4.57 Å². The third-order valence-corrected chi connectivity index (χ3v) is 10.3. The molecular formula is C41H73O11P. The van der Waals surface area contributed by atoms with Gasteiger partial charge < -0.3 is 29.5 Å². The molecular weight excluding hydrogens is 699 g/mol. The predicted octanol–water partition coefficient (Wildman–Crippen LogP) is 8.99. The van der Waals surface area contributed by atoms with Gasteiger partial charge in [0.25, 0.3) is 0 Å². The van der Waals surface area contributed by atoms with Crippen molar-refractivity contribution in [3.63, 3.8) is 0 Å². The van der Waals surface area contributed by atoms with Crippen LogP contribution >= 0.6 is 7.82 Å². The number of phosphoric acid groups is 1. The third-order valence-electron chi connectivity index (χ3n) is 9.85. The fourth-order valence-corrected chi connectivity index (χ4v) is 7.01. The van der Waals surface area contributed by atoms with Crippen molar-refractivity contribution in [2.24, 2.45) is 11.8 Å². The number of phosphoric ester groups is 1. The standard InChI is InChI=1S/C41H73O11P/c1-3-5-7-8-9-10-11-12-13-14-15-16-17-18-23-27-40(45)50-32-35(33-51-53(47,48)49)52-41(46)28-24-20-19-22-26-36-37(39(44)31-38(36)43)30-29-34(42)25-21-6-4-2/h19,22,29-30,34-38,42-43H,3-18,20-21,23-28,31-33H2,1-2H3,(H2,47,48,49)/b22-19-,30-29+/t34-,35+,36+,37+,38-/m0/s1. The molecule has 1 saturated carbocycles. The van der Waals surface area contributed by atoms with Crippen LogP contribution in [0.2, 0.25) is 0 Å². The minimum atomic E-state index is -4.82. The average Bonchev–Trinajstić information content (AvgIpc) is 3.38. The van der Waals surface area contributed by atoms with E-state index in [4.69, 9.17) is 19.3 Å². The van der Waals surface area contributed by atoms with Crippen molar-refractivity contribution in [1.29, 1.82) is 0 Å². The molecule has 0 aromatic carbocycles. The molecule has 0 aromatic rings. The molecule has 1 fully saturated rings. The van der Waals surface area contributed by atoms with Crippen LogP contribution in [-0.2, 0) is 32.9 Å². The molecule has 5 atom stereocenters. The number of ketones is 1. The van der Waals surface area contributed by atoms with E-state index in [1.807, 2.05) is 12.2 Å². The predicted molar refractivity (Wildman–Crippen MR) is 208 cm³/mol. The number of carbonyl (C=O) groups excluding carboxylic acids is 3. The maximum absolute atomic E-state index is 12.5. The summed E-state index contributed by atoms with van der Waals surface area (Å²) in [5, 5.41) is 20.6. The van der Waals surface area contributed by atoms with Crippen LogP contribution in [0.5, 0.6) is 0 Å². The Balaban J connectivity index is 2.30. The lowest BCUT2D eigenvalue weighted by Crippen LogP contribution is -2.29. The van der Waals surface area contributed by atoms with Gasteiger partial charge in [-0.2, -0.15) is 0 Å². The molecule has 1 aliphatic carbocycles. The fraction of sp³-hybridized carbons (Fsp3) is 0.829. The molecule has 1 rings (SSSR count). The molecule has 0 radical (unpaired) electrons. The summed E-state index contributed by atoms with van der Waals surface area (Å²) in [7, 11) is -4.82. The van der Waals surface area contributed by atoms with Crippen molar-refractivity contribution in [3.8, 4) is 0 Å². The van der Waals surface area contributed by atoms with Crippen LogP contribution in [0.15, 0.2) is 24.3 Å². The molecule has 0 aliphatic heterocycles. The highest BCUT2D eigenvalue weighted by Crippen LogP contribution is 2.36. The van der Waals surface area contributed by atoms with E-state index < -0.39 is 50.6 Å². The largest absolute Gasteiger partial charge is 0.469 e. The van der Waals surface area contributed by atoms with E-state index in [9.17, 15) is 29.2 Å². The number of aliphatic hydroxyl groups excluding tert-OH is 2. The van der Waals surface area contributed by atoms with E-state index >= 15 is 0 Å². The van der Waals surface area contributed by atoms with Crippen LogP contribution in [0, 0.1) is 11.8 Å². The van der Waals surface area contributed by atoms with Gasteiger partial charge in [-0.1, -0.05) is 147 Å². The van der Waals surface area contributed by atoms with Crippen molar-refractivity contribution >= 4 is 25.5 Å². The van der Waals surface area contributed by atoms with Gasteiger partial charge in [-0.05, 0) is 32.1 Å². The van der Waals surface area contributed by atoms with Crippen molar-refractivity contribution in [1.82, 2.24) is 0 Å².